The second-order valence-corrected chi connectivity index (χ2v) is 14.6. The van der Waals surface area contributed by atoms with Gasteiger partial charge in [-0.2, -0.15) is 0 Å². The minimum absolute atomic E-state index is 0.0354. The third kappa shape index (κ3) is 8.25. The molecular weight excluding hydrogens is 679 g/mol. The first-order valence-electron chi connectivity index (χ1n) is 17.8. The molecule has 2 aromatic carbocycles. The fourth-order valence-corrected chi connectivity index (χ4v) is 8.63. The molecule has 276 valence electrons. The molecule has 6 rings (SSSR count). The summed E-state index contributed by atoms with van der Waals surface area (Å²) in [7, 11) is 5.24. The minimum atomic E-state index is -0.766. The number of carboxylic acid groups (broad SMARTS) is 1. The number of amides is 2. The molecule has 0 unspecified atom stereocenters. The van der Waals surface area contributed by atoms with Gasteiger partial charge in [0.1, 0.15) is 5.82 Å². The standard InChI is InChI=1S/C38H48ClFN4O7/c1-42-19-31(30-6-4-5-7-35(30)42)37(46)41-34-17-33(40)24(14-32(34)39)15-36(45)43-18-27(44-25(20-49-2)10-11-26(44)21-50-3)16-28(43)22-51-29-12-8-23(9-13-29)38(47)48/h4-7,14,17,19,23,25-29H,8-13,15-16,18,20-22H2,1-3H3,(H,41,46)(H,47,48)/t23?,25-,26+,27-,28-,29?/m0/s1. The van der Waals surface area contributed by atoms with Crippen molar-refractivity contribution in [2.24, 2.45) is 13.0 Å². The van der Waals surface area contributed by atoms with Gasteiger partial charge in [0, 0.05) is 63.0 Å². The number of carboxylic acids is 1. The first-order valence-corrected chi connectivity index (χ1v) is 18.2. The number of aryl methyl sites for hydroxylation is 1. The molecule has 51 heavy (non-hydrogen) atoms. The second-order valence-electron chi connectivity index (χ2n) is 14.2. The van der Waals surface area contributed by atoms with Crippen LogP contribution in [0.25, 0.3) is 10.9 Å². The molecule has 3 aromatic rings. The number of fused-ring (bicyclic) bond motifs is 1. The number of rotatable bonds is 13. The Morgan fingerprint density at radius 1 is 0.961 bits per heavy atom. The van der Waals surface area contributed by atoms with Crippen molar-refractivity contribution in [3.63, 3.8) is 0 Å². The first-order chi connectivity index (χ1) is 24.6. The predicted octanol–water partition coefficient (Wildman–Crippen LogP) is 5.52. The van der Waals surface area contributed by atoms with E-state index in [1.165, 1.54) is 12.1 Å². The van der Waals surface area contributed by atoms with E-state index in [4.69, 9.17) is 25.8 Å². The number of anilines is 1. The van der Waals surface area contributed by atoms with Gasteiger partial charge in [0.25, 0.3) is 5.91 Å². The highest BCUT2D eigenvalue weighted by atomic mass is 35.5. The fraction of sp³-hybridized carbons (Fsp3) is 0.553. The van der Waals surface area contributed by atoms with Gasteiger partial charge in [-0.1, -0.05) is 29.8 Å². The first kappa shape index (κ1) is 37.2. The number of para-hydroxylation sites is 1. The molecule has 2 N–H and O–H groups in total. The molecule has 1 saturated carbocycles. The summed E-state index contributed by atoms with van der Waals surface area (Å²) in [5, 5.41) is 13.0. The van der Waals surface area contributed by atoms with E-state index < -0.39 is 17.7 Å². The molecule has 13 heteroatoms. The van der Waals surface area contributed by atoms with Crippen LogP contribution in [0.5, 0.6) is 0 Å². The maximum Gasteiger partial charge on any atom is 0.306 e. The average molecular weight is 727 g/mol. The number of aromatic nitrogens is 1. The average Bonchev–Trinajstić information content (AvgIpc) is 3.82. The number of likely N-dealkylation sites (tertiary alicyclic amines) is 2. The van der Waals surface area contributed by atoms with Gasteiger partial charge in [0.05, 0.1) is 60.6 Å². The number of hydrogen-bond acceptors (Lipinski definition) is 7. The molecule has 2 saturated heterocycles. The fourth-order valence-electron chi connectivity index (χ4n) is 8.39. The lowest BCUT2D eigenvalue weighted by atomic mass is 9.87. The monoisotopic (exact) mass is 726 g/mol. The van der Waals surface area contributed by atoms with Crippen LogP contribution < -0.4 is 5.32 Å². The lowest BCUT2D eigenvalue weighted by molar-refractivity contribution is -0.144. The van der Waals surface area contributed by atoms with E-state index in [-0.39, 0.29) is 64.8 Å². The van der Waals surface area contributed by atoms with Gasteiger partial charge >= 0.3 is 5.97 Å². The highest BCUT2D eigenvalue weighted by Gasteiger charge is 2.45. The number of nitrogens with zero attached hydrogens (tertiary/aromatic N) is 3. The maximum atomic E-state index is 15.7. The number of benzene rings is 2. The zero-order valence-corrected chi connectivity index (χ0v) is 30.2. The van der Waals surface area contributed by atoms with Gasteiger partial charge in [-0.05, 0) is 68.7 Å². The van der Waals surface area contributed by atoms with E-state index in [2.05, 4.69) is 10.2 Å². The van der Waals surface area contributed by atoms with E-state index in [1.807, 2.05) is 40.8 Å². The number of carbonyl (C=O) groups excluding carboxylic acids is 2. The van der Waals surface area contributed by atoms with Crippen molar-refractivity contribution in [1.82, 2.24) is 14.4 Å². The Bertz CT molecular complexity index is 1710. The second kappa shape index (κ2) is 16.4. The van der Waals surface area contributed by atoms with Gasteiger partial charge in [0.2, 0.25) is 5.91 Å². The topological polar surface area (TPSA) is 123 Å². The predicted molar refractivity (Wildman–Crippen MR) is 192 cm³/mol. The molecule has 3 aliphatic rings. The summed E-state index contributed by atoms with van der Waals surface area (Å²) in [5.41, 5.74) is 1.59. The lowest BCUT2D eigenvalue weighted by Gasteiger charge is -2.35. The van der Waals surface area contributed by atoms with Gasteiger partial charge in [0.15, 0.2) is 0 Å². The third-order valence-corrected chi connectivity index (χ3v) is 11.3. The van der Waals surface area contributed by atoms with Crippen molar-refractivity contribution in [2.45, 2.75) is 81.6 Å². The van der Waals surface area contributed by atoms with Crippen LogP contribution in [-0.2, 0) is 37.3 Å². The Balaban J connectivity index is 1.17. The maximum absolute atomic E-state index is 15.7. The quantitative estimate of drug-likeness (QED) is 0.236. The van der Waals surface area contributed by atoms with Crippen molar-refractivity contribution in [3.05, 3.63) is 64.6 Å². The Hall–Kier alpha value is -3.55. The summed E-state index contributed by atoms with van der Waals surface area (Å²) in [5.74, 6) is -2.41. The molecule has 2 aliphatic heterocycles. The van der Waals surface area contributed by atoms with Gasteiger partial charge in [-0.15, -0.1) is 0 Å². The Morgan fingerprint density at radius 3 is 2.31 bits per heavy atom. The normalized spacial score (nSPS) is 25.5. The summed E-state index contributed by atoms with van der Waals surface area (Å²) in [6, 6.07) is 10.3. The number of methoxy groups -OCH3 is 2. The van der Waals surface area contributed by atoms with Gasteiger partial charge in [-0.3, -0.25) is 19.3 Å². The summed E-state index contributed by atoms with van der Waals surface area (Å²) in [6.07, 6.45) is 6.51. The molecule has 3 heterocycles. The molecule has 3 fully saturated rings. The summed E-state index contributed by atoms with van der Waals surface area (Å²) in [4.78, 5) is 43.0. The minimum Gasteiger partial charge on any atom is -0.481 e. The number of nitrogens with one attached hydrogen (secondary N) is 1. The molecule has 0 bridgehead atoms. The highest BCUT2D eigenvalue weighted by Crippen LogP contribution is 2.35. The molecule has 1 aliphatic carbocycles. The third-order valence-electron chi connectivity index (χ3n) is 10.9. The SMILES string of the molecule is COC[C@H]1CC[C@@H](COC)N1[C@H]1C[C@@H](COC2CCC(C(=O)O)CC2)N(C(=O)Cc2cc(Cl)c(NC(=O)c3cn(C)c4ccccc34)cc2F)C1. The van der Waals surface area contributed by atoms with Crippen LogP contribution in [0.3, 0.4) is 0 Å². The van der Waals surface area contributed by atoms with E-state index >= 15 is 4.39 Å². The zero-order chi connectivity index (χ0) is 36.2. The van der Waals surface area contributed by atoms with Crippen molar-refractivity contribution < 1.29 is 38.1 Å². The molecular formula is C38H48ClFN4O7. The zero-order valence-electron chi connectivity index (χ0n) is 29.5. The van der Waals surface area contributed by atoms with Crippen molar-refractivity contribution >= 4 is 46.0 Å². The van der Waals surface area contributed by atoms with E-state index in [9.17, 15) is 19.5 Å². The molecule has 1 aromatic heterocycles. The Morgan fingerprint density at radius 2 is 1.65 bits per heavy atom. The number of aliphatic carboxylic acids is 1. The van der Waals surface area contributed by atoms with E-state index in [0.717, 1.165) is 23.7 Å². The molecule has 2 amide bonds. The van der Waals surface area contributed by atoms with Gasteiger partial charge < -0.3 is 34.1 Å². The summed E-state index contributed by atoms with van der Waals surface area (Å²) >= 11 is 6.60. The Kier molecular flexibility index (Phi) is 12.0. The van der Waals surface area contributed by atoms with Crippen molar-refractivity contribution in [3.8, 4) is 0 Å². The summed E-state index contributed by atoms with van der Waals surface area (Å²) < 4.78 is 35.0. The number of halogens is 2. The molecule has 0 radical (unpaired) electrons. The highest BCUT2D eigenvalue weighted by molar-refractivity contribution is 6.34. The van der Waals surface area contributed by atoms with Crippen LogP contribution in [-0.4, -0.2) is 108 Å². The molecule has 11 nitrogen and oxygen atoms in total. The van der Waals surface area contributed by atoms with Crippen molar-refractivity contribution in [2.75, 3.05) is 45.9 Å². The van der Waals surface area contributed by atoms with Crippen LogP contribution in [0.2, 0.25) is 5.02 Å². The largest absolute Gasteiger partial charge is 0.481 e. The number of hydrogen-bond donors (Lipinski definition) is 2. The Labute approximate surface area is 302 Å². The molecule has 4 atom stereocenters. The van der Waals surface area contributed by atoms with Gasteiger partial charge in [-0.25, -0.2) is 4.39 Å². The van der Waals surface area contributed by atoms with E-state index in [1.54, 1.807) is 20.4 Å². The van der Waals surface area contributed by atoms with Crippen LogP contribution >= 0.6 is 11.6 Å². The lowest BCUT2D eigenvalue weighted by Crippen LogP contribution is -2.49. The molecule has 0 spiro atoms. The van der Waals surface area contributed by atoms with Crippen LogP contribution in [0, 0.1) is 11.7 Å². The van der Waals surface area contributed by atoms with Crippen LogP contribution in [0.1, 0.15) is 60.9 Å². The smallest absolute Gasteiger partial charge is 0.306 e. The summed E-state index contributed by atoms with van der Waals surface area (Å²) in [6.45, 7) is 1.91. The van der Waals surface area contributed by atoms with Crippen molar-refractivity contribution in [1.29, 1.82) is 0 Å². The number of carbonyl (C=O) groups is 3. The van der Waals surface area contributed by atoms with Crippen LogP contribution in [0.4, 0.5) is 10.1 Å². The number of ether oxygens (including phenoxy) is 3. The van der Waals surface area contributed by atoms with E-state index in [0.29, 0.717) is 64.0 Å². The van der Waals surface area contributed by atoms with Crippen LogP contribution in [0.15, 0.2) is 42.6 Å².